The first-order valence-electron chi connectivity index (χ1n) is 12.2. The number of allylic oxidation sites excluding steroid dienone is 2. The largest absolute Gasteiger partial charge is 0.464 e. The van der Waals surface area contributed by atoms with Crippen LogP contribution in [0.1, 0.15) is 100 Å². The number of carbonyl (C=O) groups is 2. The third kappa shape index (κ3) is 23.3. The molecule has 190 valence electrons. The maximum absolute atomic E-state index is 11.0. The van der Waals surface area contributed by atoms with Gasteiger partial charge < -0.3 is 19.7 Å². The minimum Gasteiger partial charge on any atom is -0.464 e. The summed E-state index contributed by atoms with van der Waals surface area (Å²) in [7, 11) is 0. The van der Waals surface area contributed by atoms with Crippen molar-refractivity contribution in [2.75, 3.05) is 13.2 Å². The van der Waals surface area contributed by atoms with Crippen molar-refractivity contribution in [2.45, 2.75) is 113 Å². The van der Waals surface area contributed by atoms with Gasteiger partial charge in [-0.3, -0.25) is 0 Å². The van der Waals surface area contributed by atoms with Gasteiger partial charge in [-0.25, -0.2) is 9.59 Å². The number of esters is 2. The number of carbonyl (C=O) groups excluding carboxylic acids is 2. The van der Waals surface area contributed by atoms with Crippen molar-refractivity contribution >= 4 is 11.9 Å². The van der Waals surface area contributed by atoms with Crippen molar-refractivity contribution in [1.82, 2.24) is 0 Å². The monoisotopic (exact) mass is 458 g/mol. The first kappa shape index (κ1) is 32.8. The van der Waals surface area contributed by atoms with Gasteiger partial charge in [-0.15, -0.1) is 0 Å². The molecule has 0 saturated heterocycles. The lowest BCUT2D eigenvalue weighted by atomic mass is 9.98. The van der Waals surface area contributed by atoms with E-state index in [-0.39, 0.29) is 0 Å². The number of aliphatic hydroxyl groups is 2. The molecule has 0 aliphatic heterocycles. The van der Waals surface area contributed by atoms with Crippen LogP contribution in [0.2, 0.25) is 0 Å². The zero-order chi connectivity index (χ0) is 25.1. The number of aliphatic hydroxyl groups excluding tert-OH is 2. The third-order valence-electron chi connectivity index (χ3n) is 5.08. The maximum atomic E-state index is 11.0. The lowest BCUT2D eigenvalue weighted by molar-refractivity contribution is -0.153. The summed E-state index contributed by atoms with van der Waals surface area (Å²) in [4.78, 5) is 21.9. The fourth-order valence-corrected chi connectivity index (χ4v) is 2.78. The predicted octanol–water partition coefficient (Wildman–Crippen LogP) is 5.45. The van der Waals surface area contributed by atoms with E-state index in [2.05, 4.69) is 47.6 Å². The molecule has 0 aromatic rings. The van der Waals surface area contributed by atoms with Crippen LogP contribution in [0.4, 0.5) is 0 Å². The van der Waals surface area contributed by atoms with Crippen LogP contribution in [0.3, 0.4) is 0 Å². The number of rotatable bonds is 15. The zero-order valence-electron chi connectivity index (χ0n) is 21.9. The standard InChI is InChI=1S/C13H26O3.C13H24O3/c2*1-10(2)6-5-7-11(3)8-9-16-13(15)12(4)14/h10-12,14H,5-9H2,1-4H3;6,11-12,14H,5,7-9H2,1-4H3. The Morgan fingerprint density at radius 1 is 0.719 bits per heavy atom. The minimum atomic E-state index is -1.01. The molecule has 0 aromatic heterocycles. The number of ether oxygens (including phenoxy) is 2. The van der Waals surface area contributed by atoms with Crippen LogP contribution in [-0.4, -0.2) is 47.6 Å². The van der Waals surface area contributed by atoms with Crippen LogP contribution < -0.4 is 0 Å². The average molecular weight is 459 g/mol. The Bertz CT molecular complexity index is 506. The molecule has 2 N–H and O–H groups in total. The predicted molar refractivity (Wildman–Crippen MR) is 130 cm³/mol. The highest BCUT2D eigenvalue weighted by molar-refractivity contribution is 5.74. The fraction of sp³-hybridized carbons (Fsp3) is 0.846. The summed E-state index contributed by atoms with van der Waals surface area (Å²) in [5.74, 6) is 0.837. The van der Waals surface area contributed by atoms with E-state index >= 15 is 0 Å². The van der Waals surface area contributed by atoms with E-state index in [1.165, 1.54) is 38.7 Å². The van der Waals surface area contributed by atoms with E-state index in [0.717, 1.165) is 31.6 Å². The molecule has 0 spiro atoms. The van der Waals surface area contributed by atoms with Crippen molar-refractivity contribution in [3.63, 3.8) is 0 Å². The Kier molecular flexibility index (Phi) is 20.7. The van der Waals surface area contributed by atoms with Crippen LogP contribution in [-0.2, 0) is 19.1 Å². The highest BCUT2D eigenvalue weighted by Gasteiger charge is 2.11. The van der Waals surface area contributed by atoms with E-state index in [1.807, 2.05) is 0 Å². The Morgan fingerprint density at radius 3 is 1.53 bits per heavy atom. The van der Waals surface area contributed by atoms with Crippen LogP contribution in [0.25, 0.3) is 0 Å². The molecular formula is C26H50O6. The summed E-state index contributed by atoms with van der Waals surface area (Å²) in [6.45, 7) is 16.6. The van der Waals surface area contributed by atoms with E-state index in [1.54, 1.807) is 0 Å². The van der Waals surface area contributed by atoms with Crippen LogP contribution in [0, 0.1) is 17.8 Å². The van der Waals surface area contributed by atoms with E-state index in [4.69, 9.17) is 19.7 Å². The number of hydrogen-bond donors (Lipinski definition) is 2. The molecule has 0 aromatic carbocycles. The molecule has 6 heteroatoms. The van der Waals surface area contributed by atoms with E-state index in [9.17, 15) is 9.59 Å². The van der Waals surface area contributed by atoms with Gasteiger partial charge in [-0.05, 0) is 71.1 Å². The van der Waals surface area contributed by atoms with E-state index < -0.39 is 24.1 Å². The van der Waals surface area contributed by atoms with Gasteiger partial charge in [-0.1, -0.05) is 58.6 Å². The van der Waals surface area contributed by atoms with Crippen molar-refractivity contribution in [1.29, 1.82) is 0 Å². The first-order valence-corrected chi connectivity index (χ1v) is 12.2. The van der Waals surface area contributed by atoms with Crippen molar-refractivity contribution in [3.8, 4) is 0 Å². The van der Waals surface area contributed by atoms with Crippen molar-refractivity contribution in [3.05, 3.63) is 11.6 Å². The fourth-order valence-electron chi connectivity index (χ4n) is 2.78. The van der Waals surface area contributed by atoms with Gasteiger partial charge >= 0.3 is 11.9 Å². The van der Waals surface area contributed by atoms with Gasteiger partial charge in [0.25, 0.3) is 0 Å². The second kappa shape index (κ2) is 20.2. The van der Waals surface area contributed by atoms with Crippen molar-refractivity contribution < 1.29 is 29.3 Å². The lowest BCUT2D eigenvalue weighted by Crippen LogP contribution is -2.20. The lowest BCUT2D eigenvalue weighted by Gasteiger charge is -2.13. The highest BCUT2D eigenvalue weighted by atomic mass is 16.5. The van der Waals surface area contributed by atoms with Gasteiger partial charge in [0.1, 0.15) is 12.2 Å². The summed E-state index contributed by atoms with van der Waals surface area (Å²) in [5.41, 5.74) is 1.34. The highest BCUT2D eigenvalue weighted by Crippen LogP contribution is 2.15. The second-order valence-electron chi connectivity index (χ2n) is 9.66. The summed E-state index contributed by atoms with van der Waals surface area (Å²) in [5, 5.41) is 17.8. The van der Waals surface area contributed by atoms with Gasteiger partial charge in [0.15, 0.2) is 0 Å². The number of hydrogen-bond acceptors (Lipinski definition) is 6. The maximum Gasteiger partial charge on any atom is 0.334 e. The molecule has 32 heavy (non-hydrogen) atoms. The Labute approximate surface area is 196 Å². The molecule has 0 bridgehead atoms. The summed E-state index contributed by atoms with van der Waals surface area (Å²) >= 11 is 0. The first-order chi connectivity index (χ1) is 14.9. The molecule has 0 aliphatic carbocycles. The molecule has 0 rings (SSSR count). The quantitative estimate of drug-likeness (QED) is 0.250. The molecule has 4 unspecified atom stereocenters. The average Bonchev–Trinajstić information content (AvgIpc) is 2.67. The smallest absolute Gasteiger partial charge is 0.334 e. The molecule has 4 atom stereocenters. The molecule has 0 heterocycles. The summed E-state index contributed by atoms with van der Waals surface area (Å²) in [6, 6.07) is 0. The molecular weight excluding hydrogens is 408 g/mol. The van der Waals surface area contributed by atoms with E-state index in [0.29, 0.717) is 25.0 Å². The Hall–Kier alpha value is -1.40. The van der Waals surface area contributed by atoms with Gasteiger partial charge in [0, 0.05) is 0 Å². The van der Waals surface area contributed by atoms with Gasteiger partial charge in [-0.2, -0.15) is 0 Å². The Balaban J connectivity index is 0. The summed E-state index contributed by atoms with van der Waals surface area (Å²) < 4.78 is 9.81. The molecule has 0 fully saturated rings. The molecule has 0 amide bonds. The topological polar surface area (TPSA) is 93.1 Å². The van der Waals surface area contributed by atoms with Crippen LogP contribution in [0.5, 0.6) is 0 Å². The SMILES string of the molecule is CC(C)=CCCC(C)CCOC(=O)C(C)O.CC(C)CCCC(C)CCOC(=O)C(C)O. The second-order valence-corrected chi connectivity index (χ2v) is 9.66. The van der Waals surface area contributed by atoms with Gasteiger partial charge in [0.2, 0.25) is 0 Å². The van der Waals surface area contributed by atoms with Crippen LogP contribution in [0.15, 0.2) is 11.6 Å². The normalized spacial score (nSPS) is 14.5. The molecule has 0 radical (unpaired) electrons. The minimum absolute atomic E-state index is 0.403. The van der Waals surface area contributed by atoms with Crippen molar-refractivity contribution in [2.24, 2.45) is 17.8 Å². The van der Waals surface area contributed by atoms with Gasteiger partial charge in [0.05, 0.1) is 13.2 Å². The molecule has 0 saturated carbocycles. The summed E-state index contributed by atoms with van der Waals surface area (Å²) in [6.07, 6.45) is 7.82. The van der Waals surface area contributed by atoms with Crippen LogP contribution >= 0.6 is 0 Å². The third-order valence-corrected chi connectivity index (χ3v) is 5.08. The zero-order valence-corrected chi connectivity index (χ0v) is 21.9. The Morgan fingerprint density at radius 2 is 1.16 bits per heavy atom. The molecule has 6 nitrogen and oxygen atoms in total. The molecule has 0 aliphatic rings.